The monoisotopic (exact) mass is 500 g/mol. The summed E-state index contributed by atoms with van der Waals surface area (Å²) < 4.78 is 44.0. The lowest BCUT2D eigenvalue weighted by molar-refractivity contribution is 0.326. The molecule has 3 rings (SSSR count). The van der Waals surface area contributed by atoms with Gasteiger partial charge in [-0.25, -0.2) is 21.7 Å². The minimum absolute atomic E-state index is 0.143. The van der Waals surface area contributed by atoms with Gasteiger partial charge in [0.1, 0.15) is 0 Å². The van der Waals surface area contributed by atoms with Gasteiger partial charge in [-0.3, -0.25) is 0 Å². The predicted molar refractivity (Wildman–Crippen MR) is 140 cm³/mol. The van der Waals surface area contributed by atoms with Crippen molar-refractivity contribution in [2.75, 3.05) is 0 Å². The molecular weight excluding hydrogens is 464 g/mol. The van der Waals surface area contributed by atoms with Crippen molar-refractivity contribution in [1.29, 1.82) is 0 Å². The zero-order valence-electron chi connectivity index (χ0n) is 20.6. The van der Waals surface area contributed by atoms with E-state index in [1.165, 1.54) is 10.7 Å². The molecule has 0 radical (unpaired) electrons. The first-order valence-electron chi connectivity index (χ1n) is 11.9. The Morgan fingerprint density at radius 2 is 1.65 bits per heavy atom. The van der Waals surface area contributed by atoms with Crippen LogP contribution in [-0.2, 0) is 27.6 Å². The molecule has 2 atom stereocenters. The van der Waals surface area contributed by atoms with Gasteiger partial charge in [0.2, 0.25) is 0 Å². The third-order valence-corrected chi connectivity index (χ3v) is 9.28. The molecule has 2 aromatic carbocycles. The summed E-state index contributed by atoms with van der Waals surface area (Å²) in [6.07, 6.45) is 5.42. The summed E-state index contributed by atoms with van der Waals surface area (Å²) in [5.41, 5.74) is 1.85. The second-order valence-electron chi connectivity index (χ2n) is 9.94. The fourth-order valence-electron chi connectivity index (χ4n) is 3.92. The molecule has 0 bridgehead atoms. The van der Waals surface area contributed by atoms with E-state index in [1.54, 1.807) is 24.3 Å². The van der Waals surface area contributed by atoms with E-state index in [-0.39, 0.29) is 23.4 Å². The van der Waals surface area contributed by atoms with Gasteiger partial charge in [0, 0.05) is 6.04 Å². The number of benzene rings is 2. The van der Waals surface area contributed by atoms with E-state index < -0.39 is 25.8 Å². The molecule has 1 N–H and O–H groups in total. The molecule has 0 aliphatic heterocycles. The first-order valence-corrected chi connectivity index (χ1v) is 14.5. The van der Waals surface area contributed by atoms with E-state index in [2.05, 4.69) is 16.7 Å². The van der Waals surface area contributed by atoms with Crippen LogP contribution in [-0.4, -0.2) is 27.7 Å². The molecule has 1 aliphatic rings. The molecule has 7 heteroatoms. The molecule has 2 aromatic rings. The van der Waals surface area contributed by atoms with Crippen molar-refractivity contribution < 1.29 is 12.6 Å². The van der Waals surface area contributed by atoms with Crippen LogP contribution in [0.3, 0.4) is 0 Å². The normalized spacial score (nSPS) is 16.8. The molecule has 0 saturated heterocycles. The Morgan fingerprint density at radius 3 is 2.24 bits per heavy atom. The van der Waals surface area contributed by atoms with E-state index in [1.807, 2.05) is 58.0 Å². The number of nitrogens with zero attached hydrogens (tertiary/aromatic N) is 1. The third-order valence-electron chi connectivity index (χ3n) is 6.03. The summed E-state index contributed by atoms with van der Waals surface area (Å²) >= 11 is 0. The molecular formula is C27H36N2O3S2. The fraction of sp³-hybridized carbons (Fsp3) is 0.481. The van der Waals surface area contributed by atoms with Gasteiger partial charge in [-0.2, -0.15) is 0 Å². The third kappa shape index (κ3) is 7.18. The largest absolute Gasteiger partial charge is 0.271 e. The highest BCUT2D eigenvalue weighted by molar-refractivity contribution is 7.89. The summed E-state index contributed by atoms with van der Waals surface area (Å²) in [6.45, 7) is 7.83. The van der Waals surface area contributed by atoms with Crippen molar-refractivity contribution in [3.05, 3.63) is 65.7 Å². The first kappa shape index (κ1) is 26.5. The van der Waals surface area contributed by atoms with E-state index in [0.29, 0.717) is 0 Å². The lowest BCUT2D eigenvalue weighted by atomic mass is 9.84. The zero-order chi connectivity index (χ0) is 24.8. The molecule has 0 aromatic heterocycles. The van der Waals surface area contributed by atoms with Gasteiger partial charge < -0.3 is 0 Å². The standard InChI is InChI=1S/C27H36N2O3S2/c1-22-15-17-25(18-16-22)34(31,32)29(21-23-11-7-5-8-12-23)20-19-26(24-13-9-6-10-14-24)28-33(30)27(2,3)4/h5,7-8,11-12,15-18,24,26,28H,6,9-10,13-14,21H2,1-4H3/t26-,33?/m0/s1. The highest BCUT2D eigenvalue weighted by Crippen LogP contribution is 2.27. The lowest BCUT2D eigenvalue weighted by Crippen LogP contribution is -2.43. The summed E-state index contributed by atoms with van der Waals surface area (Å²) in [5, 5.41) is 0. The molecule has 1 saturated carbocycles. The Balaban J connectivity index is 1.98. The highest BCUT2D eigenvalue weighted by atomic mass is 32.2. The van der Waals surface area contributed by atoms with Gasteiger partial charge in [0.25, 0.3) is 10.0 Å². The van der Waals surface area contributed by atoms with E-state index in [9.17, 15) is 12.6 Å². The van der Waals surface area contributed by atoms with Crippen LogP contribution in [0.1, 0.15) is 64.0 Å². The van der Waals surface area contributed by atoms with Crippen molar-refractivity contribution in [1.82, 2.24) is 9.03 Å². The Morgan fingerprint density at radius 1 is 1.03 bits per heavy atom. The Bertz CT molecular complexity index is 1120. The minimum atomic E-state index is -3.84. The number of sulfonamides is 1. The number of rotatable bonds is 7. The molecule has 0 spiro atoms. The quantitative estimate of drug-likeness (QED) is 0.422. The Kier molecular flexibility index (Phi) is 8.97. The SMILES string of the molecule is Cc1ccc(S(=O)(=O)N(C#C[C@H](NS(=O)C(C)(C)C)C2CCCCC2)Cc2ccccc2)cc1. The second-order valence-corrected chi connectivity index (χ2v) is 13.8. The second kappa shape index (κ2) is 11.5. The topological polar surface area (TPSA) is 66.5 Å². The van der Waals surface area contributed by atoms with E-state index in [0.717, 1.165) is 36.8 Å². The number of hydrogen-bond acceptors (Lipinski definition) is 3. The van der Waals surface area contributed by atoms with E-state index in [4.69, 9.17) is 0 Å². The maximum Gasteiger partial charge on any atom is 0.271 e. The number of aryl methyl sites for hydroxylation is 1. The molecule has 1 fully saturated rings. The van der Waals surface area contributed by atoms with E-state index >= 15 is 0 Å². The molecule has 34 heavy (non-hydrogen) atoms. The summed E-state index contributed by atoms with van der Waals surface area (Å²) in [4.78, 5) is 0.212. The summed E-state index contributed by atoms with van der Waals surface area (Å²) in [5.74, 6) is 3.44. The molecule has 5 nitrogen and oxygen atoms in total. The molecule has 1 aliphatic carbocycles. The Labute approximate surface area is 208 Å². The Hall–Kier alpha value is -2.14. The maximum atomic E-state index is 13.6. The lowest BCUT2D eigenvalue weighted by Gasteiger charge is -2.30. The van der Waals surface area contributed by atoms with Crippen LogP contribution in [0, 0.1) is 24.8 Å². The van der Waals surface area contributed by atoms with Crippen molar-refractivity contribution in [3.8, 4) is 12.0 Å². The molecule has 1 unspecified atom stereocenters. The van der Waals surface area contributed by atoms with Crippen LogP contribution < -0.4 is 4.72 Å². The van der Waals surface area contributed by atoms with Crippen LogP contribution in [0.25, 0.3) is 0 Å². The summed E-state index contributed by atoms with van der Waals surface area (Å²) in [6, 6.07) is 18.9. The average Bonchev–Trinajstić information content (AvgIpc) is 2.81. The number of nitrogens with one attached hydrogen (secondary N) is 1. The minimum Gasteiger partial charge on any atom is -0.242 e. The van der Waals surface area contributed by atoms with Crippen molar-refractivity contribution >= 4 is 21.0 Å². The van der Waals surface area contributed by atoms with Gasteiger partial charge in [-0.05, 0) is 64.2 Å². The van der Waals surface area contributed by atoms with Crippen molar-refractivity contribution in [2.45, 2.75) is 82.0 Å². The molecule has 184 valence electrons. The average molecular weight is 501 g/mol. The van der Waals surface area contributed by atoms with Crippen LogP contribution in [0.15, 0.2) is 59.5 Å². The summed E-state index contributed by atoms with van der Waals surface area (Å²) in [7, 11) is -5.15. The zero-order valence-corrected chi connectivity index (χ0v) is 22.2. The smallest absolute Gasteiger partial charge is 0.242 e. The van der Waals surface area contributed by atoms with Gasteiger partial charge in [-0.15, -0.1) is 0 Å². The highest BCUT2D eigenvalue weighted by Gasteiger charge is 2.29. The van der Waals surface area contributed by atoms with Gasteiger partial charge in [-0.1, -0.05) is 73.2 Å². The fourth-order valence-corrected chi connectivity index (χ4v) is 5.98. The molecule has 0 heterocycles. The molecule has 0 amide bonds. The van der Waals surface area contributed by atoms with Crippen LogP contribution in [0.5, 0.6) is 0 Å². The van der Waals surface area contributed by atoms with Crippen molar-refractivity contribution in [3.63, 3.8) is 0 Å². The predicted octanol–water partition coefficient (Wildman–Crippen LogP) is 5.15. The van der Waals surface area contributed by atoms with Crippen LogP contribution in [0.2, 0.25) is 0 Å². The van der Waals surface area contributed by atoms with Gasteiger partial charge >= 0.3 is 0 Å². The van der Waals surface area contributed by atoms with Crippen LogP contribution >= 0.6 is 0 Å². The first-order chi connectivity index (χ1) is 16.1. The van der Waals surface area contributed by atoms with Crippen molar-refractivity contribution in [2.24, 2.45) is 5.92 Å². The van der Waals surface area contributed by atoms with Crippen LogP contribution in [0.4, 0.5) is 0 Å². The van der Waals surface area contributed by atoms with Gasteiger partial charge in [0.05, 0.1) is 33.2 Å². The number of hydrogen-bond donors (Lipinski definition) is 1. The van der Waals surface area contributed by atoms with Gasteiger partial charge in [0.15, 0.2) is 0 Å². The maximum absolute atomic E-state index is 13.6.